The Morgan fingerprint density at radius 3 is 2.52 bits per heavy atom. The minimum absolute atomic E-state index is 0.411. The lowest BCUT2D eigenvalue weighted by Gasteiger charge is -2.31. The fourth-order valence-corrected chi connectivity index (χ4v) is 1.99. The fourth-order valence-electron chi connectivity index (χ4n) is 1.99. The van der Waals surface area contributed by atoms with E-state index >= 15 is 0 Å². The van der Waals surface area contributed by atoms with Crippen LogP contribution in [0.2, 0.25) is 0 Å². The molecule has 5 heteroatoms. The van der Waals surface area contributed by atoms with E-state index in [0.29, 0.717) is 12.3 Å². The topological polar surface area (TPSA) is 48.0 Å². The van der Waals surface area contributed by atoms with E-state index in [1.165, 1.54) is 5.06 Å². The van der Waals surface area contributed by atoms with Gasteiger partial charge in [0.15, 0.2) is 6.29 Å². The zero-order valence-corrected chi connectivity index (χ0v) is 12.9. The van der Waals surface area contributed by atoms with Crippen molar-refractivity contribution in [2.75, 3.05) is 11.7 Å². The molecular weight excluding hydrogens is 270 g/mol. The van der Waals surface area contributed by atoms with Gasteiger partial charge in [-0.3, -0.25) is 0 Å². The van der Waals surface area contributed by atoms with Crippen molar-refractivity contribution in [1.29, 1.82) is 0 Å². The minimum atomic E-state index is -0.582. The van der Waals surface area contributed by atoms with E-state index < -0.39 is 18.0 Å². The largest absolute Gasteiger partial charge is 0.442 e. The number of hydrogen-bond acceptors (Lipinski definition) is 4. The minimum Gasteiger partial charge on any atom is -0.442 e. The van der Waals surface area contributed by atoms with Crippen molar-refractivity contribution in [1.82, 2.24) is 0 Å². The van der Waals surface area contributed by atoms with Gasteiger partial charge in [-0.2, -0.15) is 5.06 Å². The summed E-state index contributed by atoms with van der Waals surface area (Å²) in [5.41, 5.74) is 0.0434. The van der Waals surface area contributed by atoms with Crippen molar-refractivity contribution in [2.45, 2.75) is 51.9 Å². The summed E-state index contributed by atoms with van der Waals surface area (Å²) in [4.78, 5) is 18.1. The van der Waals surface area contributed by atoms with Gasteiger partial charge < -0.3 is 9.47 Å². The number of benzene rings is 1. The molecule has 1 atom stereocenters. The van der Waals surface area contributed by atoms with E-state index in [2.05, 4.69) is 0 Å². The van der Waals surface area contributed by atoms with Crippen molar-refractivity contribution in [3.8, 4) is 0 Å². The summed E-state index contributed by atoms with van der Waals surface area (Å²) in [6.07, 6.45) is 1.88. The standard InChI is InChI=1S/C16H23NO4/c1-16(2,3)20-15(18)17(13-9-5-4-6-10-13)21-14-11-7-8-12-19-14/h4-6,9-10,14H,7-8,11-12H2,1-3H3. The number of ether oxygens (including phenoxy) is 2. The van der Waals surface area contributed by atoms with Crippen molar-refractivity contribution in [3.05, 3.63) is 30.3 Å². The Bertz CT molecular complexity index is 449. The summed E-state index contributed by atoms with van der Waals surface area (Å²) < 4.78 is 10.9. The van der Waals surface area contributed by atoms with Crippen molar-refractivity contribution in [2.24, 2.45) is 0 Å². The van der Waals surface area contributed by atoms with Crippen LogP contribution >= 0.6 is 0 Å². The predicted molar refractivity (Wildman–Crippen MR) is 79.8 cm³/mol. The Labute approximate surface area is 125 Å². The Morgan fingerprint density at radius 2 is 1.95 bits per heavy atom. The molecular formula is C16H23NO4. The second kappa shape index (κ2) is 6.91. The number of nitrogens with zero attached hydrogens (tertiary/aromatic N) is 1. The van der Waals surface area contributed by atoms with Crippen LogP contribution in [0.5, 0.6) is 0 Å². The molecule has 0 aliphatic carbocycles. The van der Waals surface area contributed by atoms with E-state index in [1.807, 2.05) is 39.0 Å². The molecule has 1 aliphatic rings. The third-order valence-corrected chi connectivity index (χ3v) is 2.91. The number of amides is 1. The summed E-state index contributed by atoms with van der Waals surface area (Å²) in [6.45, 7) is 6.13. The van der Waals surface area contributed by atoms with E-state index in [-0.39, 0.29) is 0 Å². The highest BCUT2D eigenvalue weighted by molar-refractivity contribution is 5.85. The maximum atomic E-state index is 12.4. The molecule has 1 amide bonds. The number of para-hydroxylation sites is 1. The summed E-state index contributed by atoms with van der Waals surface area (Å²) in [5, 5.41) is 1.18. The molecule has 1 aromatic carbocycles. The maximum Gasteiger partial charge on any atom is 0.439 e. The highest BCUT2D eigenvalue weighted by Crippen LogP contribution is 2.22. The summed E-state index contributed by atoms with van der Waals surface area (Å²) in [6, 6.07) is 9.17. The molecule has 5 nitrogen and oxygen atoms in total. The molecule has 0 saturated carbocycles. The number of anilines is 1. The Morgan fingerprint density at radius 1 is 1.24 bits per heavy atom. The monoisotopic (exact) mass is 293 g/mol. The van der Waals surface area contributed by atoms with Gasteiger partial charge in [-0.05, 0) is 45.7 Å². The first-order chi connectivity index (χ1) is 9.96. The van der Waals surface area contributed by atoms with Gasteiger partial charge in [0.05, 0.1) is 5.69 Å². The Balaban J connectivity index is 2.12. The smallest absolute Gasteiger partial charge is 0.439 e. The molecule has 0 radical (unpaired) electrons. The zero-order valence-electron chi connectivity index (χ0n) is 12.9. The van der Waals surface area contributed by atoms with E-state index in [1.54, 1.807) is 12.1 Å². The van der Waals surface area contributed by atoms with Gasteiger partial charge in [0.1, 0.15) is 5.60 Å². The molecule has 1 aliphatic heterocycles. The lowest BCUT2D eigenvalue weighted by molar-refractivity contribution is -0.167. The van der Waals surface area contributed by atoms with Crippen LogP contribution in [0.1, 0.15) is 40.0 Å². The third-order valence-electron chi connectivity index (χ3n) is 2.91. The number of carbonyl (C=O) groups excluding carboxylic acids is 1. The first-order valence-electron chi connectivity index (χ1n) is 7.32. The van der Waals surface area contributed by atoms with E-state index in [0.717, 1.165) is 19.3 Å². The summed E-state index contributed by atoms with van der Waals surface area (Å²) in [5.74, 6) is 0. The van der Waals surface area contributed by atoms with Crippen molar-refractivity contribution >= 4 is 11.8 Å². The SMILES string of the molecule is CC(C)(C)OC(=O)N(OC1CCCCO1)c1ccccc1. The van der Waals surface area contributed by atoms with Gasteiger partial charge in [-0.25, -0.2) is 9.63 Å². The average Bonchev–Trinajstić information content (AvgIpc) is 2.45. The lowest BCUT2D eigenvalue weighted by atomic mass is 10.2. The Kier molecular flexibility index (Phi) is 5.20. The lowest BCUT2D eigenvalue weighted by Crippen LogP contribution is -2.41. The van der Waals surface area contributed by atoms with Gasteiger partial charge in [-0.15, -0.1) is 0 Å². The Hall–Kier alpha value is -1.59. The average molecular weight is 293 g/mol. The van der Waals surface area contributed by atoms with Gasteiger partial charge in [0.25, 0.3) is 0 Å². The van der Waals surface area contributed by atoms with Crippen molar-refractivity contribution < 1.29 is 19.1 Å². The maximum absolute atomic E-state index is 12.4. The molecule has 2 rings (SSSR count). The fraction of sp³-hybridized carbons (Fsp3) is 0.562. The van der Waals surface area contributed by atoms with Crippen LogP contribution in [0.15, 0.2) is 30.3 Å². The third kappa shape index (κ3) is 5.02. The number of rotatable bonds is 3. The number of carbonyl (C=O) groups is 1. The molecule has 0 aromatic heterocycles. The molecule has 0 spiro atoms. The van der Waals surface area contributed by atoms with Crippen LogP contribution in [-0.2, 0) is 14.3 Å². The molecule has 116 valence electrons. The highest BCUT2D eigenvalue weighted by Gasteiger charge is 2.28. The van der Waals surface area contributed by atoms with Crippen LogP contribution in [-0.4, -0.2) is 24.6 Å². The second-order valence-corrected chi connectivity index (χ2v) is 6.01. The van der Waals surface area contributed by atoms with Crippen molar-refractivity contribution in [3.63, 3.8) is 0 Å². The highest BCUT2D eigenvalue weighted by atomic mass is 16.8. The van der Waals surface area contributed by atoms with Crippen LogP contribution in [0, 0.1) is 0 Å². The summed E-state index contributed by atoms with van der Waals surface area (Å²) >= 11 is 0. The molecule has 1 heterocycles. The molecule has 21 heavy (non-hydrogen) atoms. The van der Waals surface area contributed by atoms with E-state index in [4.69, 9.17) is 14.3 Å². The van der Waals surface area contributed by atoms with Crippen LogP contribution < -0.4 is 5.06 Å². The van der Waals surface area contributed by atoms with Crippen LogP contribution in [0.25, 0.3) is 0 Å². The molecule has 1 aromatic rings. The molecule has 1 unspecified atom stereocenters. The quantitative estimate of drug-likeness (QED) is 0.793. The summed E-state index contributed by atoms with van der Waals surface area (Å²) in [7, 11) is 0. The first-order valence-corrected chi connectivity index (χ1v) is 7.32. The van der Waals surface area contributed by atoms with Crippen LogP contribution in [0.4, 0.5) is 10.5 Å². The number of hydroxylamine groups is 1. The predicted octanol–water partition coefficient (Wildman–Crippen LogP) is 3.89. The molecule has 0 bridgehead atoms. The van der Waals surface area contributed by atoms with Gasteiger partial charge in [0.2, 0.25) is 0 Å². The van der Waals surface area contributed by atoms with Crippen LogP contribution in [0.3, 0.4) is 0 Å². The molecule has 1 fully saturated rings. The van der Waals surface area contributed by atoms with Gasteiger partial charge in [-0.1, -0.05) is 18.2 Å². The molecule has 1 saturated heterocycles. The van der Waals surface area contributed by atoms with Gasteiger partial charge >= 0.3 is 6.09 Å². The normalized spacial score (nSPS) is 19.1. The van der Waals surface area contributed by atoms with E-state index in [9.17, 15) is 4.79 Å². The second-order valence-electron chi connectivity index (χ2n) is 6.01. The zero-order chi connectivity index (χ0) is 15.3. The molecule has 0 N–H and O–H groups in total. The van der Waals surface area contributed by atoms with Gasteiger partial charge in [0, 0.05) is 13.0 Å². The first kappa shape index (κ1) is 15.8. The number of hydrogen-bond donors (Lipinski definition) is 0.